The van der Waals surface area contributed by atoms with E-state index < -0.39 is 11.1 Å². The molecule has 0 aliphatic rings. The standard InChI is InChI=1S/C9H20O2S.C5H5.2CO.Fe/c1-4-9(5-2,6-3)7-8-12(10)11;1-2-4-5-3-1;2*1-2;/h4-8H2,1-3H3,(H,10,11);1-5H;;;/q;-1;;;/p-1. The van der Waals surface area contributed by atoms with Crippen molar-refractivity contribution in [1.29, 1.82) is 0 Å². The van der Waals surface area contributed by atoms with Crippen molar-refractivity contribution in [2.45, 2.75) is 46.5 Å². The molecule has 0 heterocycles. The van der Waals surface area contributed by atoms with E-state index in [1.165, 1.54) is 0 Å². The van der Waals surface area contributed by atoms with Gasteiger partial charge < -0.3 is 4.55 Å². The van der Waals surface area contributed by atoms with Crippen molar-refractivity contribution in [3.05, 3.63) is 43.6 Å². The normalized spacial score (nSPS) is 10.0. The molecule has 1 atom stereocenters. The molecule has 1 aromatic carbocycles. The quantitative estimate of drug-likeness (QED) is 0.331. The van der Waals surface area contributed by atoms with Gasteiger partial charge in [0.05, 0.1) is 0 Å². The molecule has 6 heteroatoms. The largest absolute Gasteiger partial charge is 0.214 e. The smallest absolute Gasteiger partial charge is 0 e. The molecule has 128 valence electrons. The van der Waals surface area contributed by atoms with Gasteiger partial charge in [-0.1, -0.05) is 51.1 Å². The molecule has 1 aromatic rings. The summed E-state index contributed by atoms with van der Waals surface area (Å²) in [4.78, 5) is 0. The van der Waals surface area contributed by atoms with Crippen LogP contribution < -0.4 is 0 Å². The van der Waals surface area contributed by atoms with E-state index in [0.29, 0.717) is 5.75 Å². The molecular formula is C16H24FeO4S-2. The van der Waals surface area contributed by atoms with E-state index in [1.54, 1.807) is 0 Å². The second kappa shape index (κ2) is 22.7. The first-order valence-corrected chi connectivity index (χ1v) is 7.98. The molecule has 4 nitrogen and oxygen atoms in total. The van der Waals surface area contributed by atoms with Gasteiger partial charge in [-0.3, -0.25) is 4.21 Å². The average molecular weight is 368 g/mol. The van der Waals surface area contributed by atoms with Gasteiger partial charge in [0.25, 0.3) is 0 Å². The summed E-state index contributed by atoms with van der Waals surface area (Å²) in [6.45, 7) is 15.4. The van der Waals surface area contributed by atoms with Gasteiger partial charge in [-0.2, -0.15) is 18.2 Å². The van der Waals surface area contributed by atoms with Gasteiger partial charge in [-0.15, -0.1) is 0 Å². The van der Waals surface area contributed by atoms with Gasteiger partial charge in [-0.05, 0) is 11.8 Å². The predicted molar refractivity (Wildman–Crippen MR) is 81.6 cm³/mol. The molecule has 0 aromatic heterocycles. The Bertz CT molecular complexity index is 325. The van der Waals surface area contributed by atoms with E-state index in [1.807, 2.05) is 30.3 Å². The van der Waals surface area contributed by atoms with Crippen molar-refractivity contribution in [2.24, 2.45) is 5.41 Å². The summed E-state index contributed by atoms with van der Waals surface area (Å²) in [6, 6.07) is 10.0. The summed E-state index contributed by atoms with van der Waals surface area (Å²) in [7, 11) is 0. The molecule has 0 radical (unpaired) electrons. The Labute approximate surface area is 147 Å². The van der Waals surface area contributed by atoms with E-state index >= 15 is 0 Å². The molecule has 0 amide bonds. The van der Waals surface area contributed by atoms with Crippen LogP contribution in [0.2, 0.25) is 0 Å². The molecule has 1 unspecified atom stereocenters. The monoisotopic (exact) mass is 368 g/mol. The van der Waals surface area contributed by atoms with Crippen molar-refractivity contribution >= 4 is 11.1 Å². The molecule has 0 spiro atoms. The van der Waals surface area contributed by atoms with Gasteiger partial charge in [0, 0.05) is 22.8 Å². The third-order valence-corrected chi connectivity index (χ3v) is 4.14. The van der Waals surface area contributed by atoms with Crippen LogP contribution in [0.1, 0.15) is 46.5 Å². The van der Waals surface area contributed by atoms with Crippen LogP contribution in [-0.2, 0) is 37.5 Å². The van der Waals surface area contributed by atoms with Crippen molar-refractivity contribution in [3.63, 3.8) is 0 Å². The van der Waals surface area contributed by atoms with Crippen molar-refractivity contribution in [2.75, 3.05) is 5.75 Å². The van der Waals surface area contributed by atoms with E-state index in [2.05, 4.69) is 34.1 Å². The second-order valence-electron chi connectivity index (χ2n) is 4.28. The van der Waals surface area contributed by atoms with Crippen LogP contribution in [0, 0.1) is 18.7 Å². The van der Waals surface area contributed by atoms with Gasteiger partial charge >= 0.3 is 22.6 Å². The number of hydrogen-bond donors (Lipinski definition) is 0. The Morgan fingerprint density at radius 3 is 1.59 bits per heavy atom. The predicted octanol–water partition coefficient (Wildman–Crippen LogP) is 3.80. The van der Waals surface area contributed by atoms with Gasteiger partial charge in [0.2, 0.25) is 0 Å². The number of hydrogen-bond acceptors (Lipinski definition) is 2. The number of rotatable bonds is 6. The first-order valence-electron chi connectivity index (χ1n) is 6.73. The van der Waals surface area contributed by atoms with Crippen LogP contribution in [0.15, 0.2) is 30.3 Å². The van der Waals surface area contributed by atoms with Crippen LogP contribution in [0.25, 0.3) is 0 Å². The SMILES string of the molecule is CCC(CC)(CC)CCS(=O)[O-].[C-]#[O+].[C-]#[O+].[Fe].c1cc[cH-]c1. The van der Waals surface area contributed by atoms with Gasteiger partial charge in [0.15, 0.2) is 0 Å². The maximum Gasteiger partial charge on any atom is 0 e. The summed E-state index contributed by atoms with van der Waals surface area (Å²) in [6.07, 6.45) is 4.05. The maximum absolute atomic E-state index is 10.4. The summed E-state index contributed by atoms with van der Waals surface area (Å²) in [5, 5.41) is 0. The maximum atomic E-state index is 10.4. The molecule has 0 saturated heterocycles. The van der Waals surface area contributed by atoms with Gasteiger partial charge in [-0.25, -0.2) is 12.1 Å². The molecule has 0 fully saturated rings. The zero-order chi connectivity index (χ0) is 17.1. The Morgan fingerprint density at radius 1 is 1.05 bits per heavy atom. The first-order chi connectivity index (χ1) is 10.1. The van der Waals surface area contributed by atoms with E-state index in [9.17, 15) is 8.76 Å². The average Bonchev–Trinajstić information content (AvgIpc) is 3.13. The van der Waals surface area contributed by atoms with E-state index in [0.717, 1.165) is 25.7 Å². The Balaban J connectivity index is -0.000000134. The van der Waals surface area contributed by atoms with Gasteiger partial charge in [0.1, 0.15) is 0 Å². The van der Waals surface area contributed by atoms with Crippen LogP contribution >= 0.6 is 0 Å². The fourth-order valence-corrected chi connectivity index (χ4v) is 2.50. The summed E-state index contributed by atoms with van der Waals surface area (Å²) in [5.41, 5.74) is 0.264. The molecule has 0 aliphatic heterocycles. The summed E-state index contributed by atoms with van der Waals surface area (Å²) >= 11 is -1.87. The third-order valence-electron chi connectivity index (χ3n) is 3.60. The topological polar surface area (TPSA) is 79.9 Å². The molecule has 1 rings (SSSR count). The molecule has 0 saturated carbocycles. The Kier molecular flexibility index (Phi) is 30.5. The third kappa shape index (κ3) is 17.5. The second-order valence-corrected chi connectivity index (χ2v) is 5.30. The molecule has 0 N–H and O–H groups in total. The molecule has 0 aliphatic carbocycles. The minimum Gasteiger partial charge on any atom is -0.214 e. The van der Waals surface area contributed by atoms with Crippen molar-refractivity contribution in [1.82, 2.24) is 0 Å². The van der Waals surface area contributed by atoms with Crippen molar-refractivity contribution in [3.8, 4) is 0 Å². The van der Waals surface area contributed by atoms with E-state index in [4.69, 9.17) is 9.30 Å². The van der Waals surface area contributed by atoms with E-state index in [-0.39, 0.29) is 22.5 Å². The zero-order valence-corrected chi connectivity index (χ0v) is 15.2. The Hall–Kier alpha value is -0.541. The van der Waals surface area contributed by atoms with Crippen LogP contribution in [0.4, 0.5) is 0 Å². The van der Waals surface area contributed by atoms with Crippen LogP contribution in [0.5, 0.6) is 0 Å². The molecular weight excluding hydrogens is 344 g/mol. The van der Waals surface area contributed by atoms with Crippen LogP contribution in [-0.4, -0.2) is 14.5 Å². The van der Waals surface area contributed by atoms with Crippen LogP contribution in [0.3, 0.4) is 0 Å². The summed E-state index contributed by atoms with van der Waals surface area (Å²) < 4.78 is 35.8. The van der Waals surface area contributed by atoms with Crippen molar-refractivity contribution < 1.29 is 35.1 Å². The minimum absolute atomic E-state index is 0. The molecule has 22 heavy (non-hydrogen) atoms. The Morgan fingerprint density at radius 2 is 1.41 bits per heavy atom. The first kappa shape index (κ1) is 29.5. The minimum atomic E-state index is -1.87. The summed E-state index contributed by atoms with van der Waals surface area (Å²) in [5.74, 6) is 0.315. The fourth-order valence-electron chi connectivity index (χ4n) is 1.90. The molecule has 0 bridgehead atoms. The fraction of sp³-hybridized carbons (Fsp3) is 0.562. The zero-order valence-electron chi connectivity index (χ0n) is 13.3.